The molecule has 0 bridgehead atoms. The van der Waals surface area contributed by atoms with Crippen LogP contribution in [0.2, 0.25) is 0 Å². The van der Waals surface area contributed by atoms with Crippen molar-refractivity contribution in [3.63, 3.8) is 0 Å². The molecule has 2 rings (SSSR count). The van der Waals surface area contributed by atoms with Crippen molar-refractivity contribution in [2.75, 3.05) is 37.6 Å². The molecule has 1 aliphatic rings. The summed E-state index contributed by atoms with van der Waals surface area (Å²) in [5, 5.41) is 2.85. The Morgan fingerprint density at radius 2 is 2.14 bits per heavy atom. The second-order valence-electron chi connectivity index (χ2n) is 4.81. The number of ether oxygens (including phenoxy) is 2. The van der Waals surface area contributed by atoms with Gasteiger partial charge in [-0.05, 0) is 12.1 Å². The van der Waals surface area contributed by atoms with Crippen molar-refractivity contribution in [2.24, 2.45) is 5.84 Å². The molecule has 1 atom stereocenters. The summed E-state index contributed by atoms with van der Waals surface area (Å²) in [7, 11) is 1.54. The third kappa shape index (κ3) is 3.74. The van der Waals surface area contributed by atoms with Crippen molar-refractivity contribution in [2.45, 2.75) is 18.2 Å². The van der Waals surface area contributed by atoms with Crippen LogP contribution in [0.1, 0.15) is 12.0 Å². The van der Waals surface area contributed by atoms with Gasteiger partial charge >= 0.3 is 6.18 Å². The van der Waals surface area contributed by atoms with Gasteiger partial charge in [-0.15, -0.1) is 0 Å². The Kier molecular flexibility index (Phi) is 4.55. The molecule has 4 N–H and O–H groups in total. The summed E-state index contributed by atoms with van der Waals surface area (Å²) in [6, 6.07) is 1.77. The molecule has 1 aromatic rings. The highest BCUT2D eigenvalue weighted by Gasteiger charge is 2.35. The Morgan fingerprint density at radius 3 is 2.67 bits per heavy atom. The number of rotatable bonds is 5. The van der Waals surface area contributed by atoms with Crippen LogP contribution in [0.4, 0.5) is 24.8 Å². The molecule has 9 heteroatoms. The van der Waals surface area contributed by atoms with Crippen LogP contribution in [-0.4, -0.2) is 37.5 Å². The maximum absolute atomic E-state index is 12.8. The average molecular weight is 306 g/mol. The standard InChI is InChI=1S/C12H17F3N4O2/c1-20-11(2-3-21-7-11)6-17-9-4-8(12(13,14)15)5-10(18-9)19-16/h4-5H,2-3,6-7,16H2,1H3,(H2,17,18,19). The summed E-state index contributed by atoms with van der Waals surface area (Å²) in [4.78, 5) is 3.95. The fourth-order valence-electron chi connectivity index (χ4n) is 2.07. The Morgan fingerprint density at radius 1 is 1.43 bits per heavy atom. The third-order valence-electron chi connectivity index (χ3n) is 3.39. The van der Waals surface area contributed by atoms with Crippen LogP contribution in [0, 0.1) is 0 Å². The number of nitrogen functional groups attached to an aromatic ring is 1. The van der Waals surface area contributed by atoms with Crippen molar-refractivity contribution in [1.82, 2.24) is 4.98 Å². The summed E-state index contributed by atoms with van der Waals surface area (Å²) in [5.74, 6) is 5.15. The molecule has 0 spiro atoms. The molecule has 1 fully saturated rings. The molecule has 1 aromatic heterocycles. The summed E-state index contributed by atoms with van der Waals surface area (Å²) >= 11 is 0. The number of nitrogens with one attached hydrogen (secondary N) is 2. The predicted molar refractivity (Wildman–Crippen MR) is 70.7 cm³/mol. The van der Waals surface area contributed by atoms with Gasteiger partial charge in [0.15, 0.2) is 0 Å². The smallest absolute Gasteiger partial charge is 0.378 e. The zero-order chi connectivity index (χ0) is 15.5. The number of alkyl halides is 3. The molecule has 6 nitrogen and oxygen atoms in total. The number of nitrogens with two attached hydrogens (primary N) is 1. The lowest BCUT2D eigenvalue weighted by Crippen LogP contribution is -2.39. The molecule has 118 valence electrons. The van der Waals surface area contributed by atoms with Crippen LogP contribution in [0.15, 0.2) is 12.1 Å². The Labute approximate surface area is 119 Å². The van der Waals surface area contributed by atoms with E-state index in [1.807, 2.05) is 0 Å². The number of hydrazine groups is 1. The van der Waals surface area contributed by atoms with E-state index in [1.54, 1.807) is 7.11 Å². The van der Waals surface area contributed by atoms with E-state index in [9.17, 15) is 13.2 Å². The number of halogens is 3. The molecular formula is C12H17F3N4O2. The van der Waals surface area contributed by atoms with Gasteiger partial charge in [-0.2, -0.15) is 13.2 Å². The second kappa shape index (κ2) is 6.04. The quantitative estimate of drug-likeness (QED) is 0.566. The van der Waals surface area contributed by atoms with Gasteiger partial charge in [0.2, 0.25) is 0 Å². The normalized spacial score (nSPS) is 22.3. The van der Waals surface area contributed by atoms with Crippen molar-refractivity contribution in [3.05, 3.63) is 17.7 Å². The van der Waals surface area contributed by atoms with Crippen LogP contribution in [0.25, 0.3) is 0 Å². The third-order valence-corrected chi connectivity index (χ3v) is 3.39. The molecule has 0 saturated carbocycles. The van der Waals surface area contributed by atoms with Crippen LogP contribution in [0.5, 0.6) is 0 Å². The number of anilines is 2. The molecule has 0 radical (unpaired) electrons. The number of pyridine rings is 1. The zero-order valence-corrected chi connectivity index (χ0v) is 11.5. The maximum Gasteiger partial charge on any atom is 0.416 e. The van der Waals surface area contributed by atoms with Crippen molar-refractivity contribution in [1.29, 1.82) is 0 Å². The van der Waals surface area contributed by atoms with E-state index in [1.165, 1.54) is 0 Å². The average Bonchev–Trinajstić information content (AvgIpc) is 2.93. The summed E-state index contributed by atoms with van der Waals surface area (Å²) < 4.78 is 49.1. The first kappa shape index (κ1) is 15.8. The first-order chi connectivity index (χ1) is 9.88. The number of aromatic nitrogens is 1. The predicted octanol–water partition coefficient (Wildman–Crippen LogP) is 1.60. The maximum atomic E-state index is 12.8. The summed E-state index contributed by atoms with van der Waals surface area (Å²) in [5.41, 5.74) is 0.743. The van der Waals surface area contributed by atoms with Gasteiger partial charge in [0, 0.05) is 26.7 Å². The fraction of sp³-hybridized carbons (Fsp3) is 0.583. The minimum Gasteiger partial charge on any atom is -0.378 e. The second-order valence-corrected chi connectivity index (χ2v) is 4.81. The van der Waals surface area contributed by atoms with E-state index in [-0.39, 0.29) is 11.6 Å². The molecule has 1 saturated heterocycles. The first-order valence-electron chi connectivity index (χ1n) is 6.31. The van der Waals surface area contributed by atoms with Crippen molar-refractivity contribution >= 4 is 11.6 Å². The van der Waals surface area contributed by atoms with Gasteiger partial charge in [0.05, 0.1) is 12.2 Å². The van der Waals surface area contributed by atoms with Gasteiger partial charge in [-0.3, -0.25) is 0 Å². The molecule has 21 heavy (non-hydrogen) atoms. The van der Waals surface area contributed by atoms with Crippen LogP contribution in [0.3, 0.4) is 0 Å². The van der Waals surface area contributed by atoms with Crippen LogP contribution in [-0.2, 0) is 15.7 Å². The van der Waals surface area contributed by atoms with Crippen molar-refractivity contribution in [3.8, 4) is 0 Å². The van der Waals surface area contributed by atoms with E-state index in [0.29, 0.717) is 26.2 Å². The Balaban J connectivity index is 2.15. The van der Waals surface area contributed by atoms with E-state index < -0.39 is 17.3 Å². The first-order valence-corrected chi connectivity index (χ1v) is 6.31. The summed E-state index contributed by atoms with van der Waals surface area (Å²) in [6.07, 6.45) is -3.81. The number of methoxy groups -OCH3 is 1. The zero-order valence-electron chi connectivity index (χ0n) is 11.5. The highest BCUT2D eigenvalue weighted by molar-refractivity contribution is 5.49. The SMILES string of the molecule is COC1(CNc2cc(C(F)(F)F)cc(NN)n2)CCOC1. The van der Waals surface area contributed by atoms with E-state index in [2.05, 4.69) is 15.7 Å². The lowest BCUT2D eigenvalue weighted by atomic mass is 10.0. The van der Waals surface area contributed by atoms with Gasteiger partial charge < -0.3 is 20.2 Å². The van der Waals surface area contributed by atoms with Gasteiger partial charge in [0.25, 0.3) is 0 Å². The highest BCUT2D eigenvalue weighted by Crippen LogP contribution is 2.32. The van der Waals surface area contributed by atoms with Gasteiger partial charge in [0.1, 0.15) is 17.2 Å². The largest absolute Gasteiger partial charge is 0.416 e. The van der Waals surface area contributed by atoms with Crippen LogP contribution >= 0.6 is 0 Å². The molecule has 0 amide bonds. The summed E-state index contributed by atoms with van der Waals surface area (Å²) in [6.45, 7) is 1.24. The minimum absolute atomic E-state index is 0.0681. The number of nitrogens with zero attached hydrogens (tertiary/aromatic N) is 1. The topological polar surface area (TPSA) is 81.4 Å². The van der Waals surface area contributed by atoms with Crippen LogP contribution < -0.4 is 16.6 Å². The van der Waals surface area contributed by atoms with E-state index in [0.717, 1.165) is 12.1 Å². The molecule has 1 unspecified atom stereocenters. The molecular weight excluding hydrogens is 289 g/mol. The number of hydrogen-bond acceptors (Lipinski definition) is 6. The molecule has 2 heterocycles. The van der Waals surface area contributed by atoms with Gasteiger partial charge in [-0.25, -0.2) is 10.8 Å². The van der Waals surface area contributed by atoms with Crippen molar-refractivity contribution < 1.29 is 22.6 Å². The Bertz CT molecular complexity index is 490. The van der Waals surface area contributed by atoms with E-state index >= 15 is 0 Å². The highest BCUT2D eigenvalue weighted by atomic mass is 19.4. The fourth-order valence-corrected chi connectivity index (χ4v) is 2.07. The lowest BCUT2D eigenvalue weighted by Gasteiger charge is -2.26. The molecule has 0 aliphatic carbocycles. The minimum atomic E-state index is -4.47. The lowest BCUT2D eigenvalue weighted by molar-refractivity contribution is -0.137. The number of hydrogen-bond donors (Lipinski definition) is 3. The molecule has 0 aromatic carbocycles. The van der Waals surface area contributed by atoms with Gasteiger partial charge in [-0.1, -0.05) is 0 Å². The Hall–Kier alpha value is -1.58. The molecule has 1 aliphatic heterocycles. The monoisotopic (exact) mass is 306 g/mol. The van der Waals surface area contributed by atoms with E-state index in [4.69, 9.17) is 15.3 Å².